The molecule has 6 rings (SSSR count). The molecule has 258 valence electrons. The Labute approximate surface area is 285 Å². The van der Waals surface area contributed by atoms with Gasteiger partial charge in [-0.1, -0.05) is 31.0 Å². The maximum atomic E-state index is 13.5. The number of ether oxygens (including phenoxy) is 2. The van der Waals surface area contributed by atoms with Gasteiger partial charge in [-0.25, -0.2) is 13.1 Å². The van der Waals surface area contributed by atoms with Crippen molar-refractivity contribution in [3.8, 4) is 5.75 Å². The van der Waals surface area contributed by atoms with Crippen molar-refractivity contribution in [3.05, 3.63) is 58.1 Å². The third-order valence-electron chi connectivity index (χ3n) is 11.2. The lowest BCUT2D eigenvalue weighted by atomic mass is 9.62. The third kappa shape index (κ3) is 7.93. The highest BCUT2D eigenvalue weighted by molar-refractivity contribution is 7.90. The quantitative estimate of drug-likeness (QED) is 0.431. The summed E-state index contributed by atoms with van der Waals surface area (Å²) in [5.41, 5.74) is 2.43. The Bertz CT molecular complexity index is 1530. The summed E-state index contributed by atoms with van der Waals surface area (Å²) >= 11 is 6.36. The Kier molecular flexibility index (Phi) is 10.7. The second kappa shape index (κ2) is 14.6. The van der Waals surface area contributed by atoms with Crippen molar-refractivity contribution in [1.82, 2.24) is 9.62 Å². The normalized spacial score (nSPS) is 30.8. The topological polar surface area (TPSA) is 108 Å². The van der Waals surface area contributed by atoms with Crippen molar-refractivity contribution < 1.29 is 27.8 Å². The van der Waals surface area contributed by atoms with Crippen molar-refractivity contribution in [2.75, 3.05) is 50.8 Å². The monoisotopic (exact) mass is 687 g/mol. The van der Waals surface area contributed by atoms with Crippen LogP contribution in [0.5, 0.6) is 5.75 Å². The van der Waals surface area contributed by atoms with E-state index in [1.165, 1.54) is 5.56 Å². The van der Waals surface area contributed by atoms with E-state index in [1.54, 1.807) is 25.1 Å². The van der Waals surface area contributed by atoms with Gasteiger partial charge < -0.3 is 19.5 Å². The molecule has 1 saturated heterocycles. The van der Waals surface area contributed by atoms with E-state index in [4.69, 9.17) is 21.1 Å². The molecule has 1 aliphatic carbocycles. The van der Waals surface area contributed by atoms with Crippen molar-refractivity contribution in [3.63, 3.8) is 0 Å². The van der Waals surface area contributed by atoms with Gasteiger partial charge in [0.2, 0.25) is 10.0 Å². The SMILES string of the molecule is C[C@@H]1[C@@H](C)CCC[C@](O)(CN2CCOCC2)[C@@H]2CC[C@H]2CN2CCCCc3cc(Cl)ccc3COc3ccc(cc32)C(=O)NS1(=O)=O. The first kappa shape index (κ1) is 34.5. The Balaban J connectivity index is 1.37. The molecule has 1 amide bonds. The molecule has 3 heterocycles. The Morgan fingerprint density at radius 2 is 1.81 bits per heavy atom. The van der Waals surface area contributed by atoms with Gasteiger partial charge in [0.05, 0.1) is 29.8 Å². The number of aliphatic hydroxyl groups is 1. The molecule has 47 heavy (non-hydrogen) atoms. The van der Waals surface area contributed by atoms with E-state index in [0.717, 1.165) is 69.5 Å². The van der Waals surface area contributed by atoms with E-state index in [2.05, 4.69) is 14.5 Å². The van der Waals surface area contributed by atoms with E-state index < -0.39 is 26.8 Å². The second-order valence-corrected chi connectivity index (χ2v) is 16.7. The van der Waals surface area contributed by atoms with Gasteiger partial charge in [-0.15, -0.1) is 0 Å². The summed E-state index contributed by atoms with van der Waals surface area (Å²) in [4.78, 5) is 18.1. The molecule has 2 aromatic carbocycles. The fraction of sp³-hybridized carbons (Fsp3) is 0.639. The van der Waals surface area contributed by atoms with Gasteiger partial charge in [-0.3, -0.25) is 9.69 Å². The standard InChI is InChI=1S/C36H50ClN3O6S/c1-25-6-5-14-36(42,24-39-16-18-45-19-17-39)32-12-9-29(32)22-40-15-4-3-7-27-20-31(37)11-8-30(27)23-46-34-13-10-28(21-33(34)40)35(41)38-47(43,44)26(25)2/h8,10-11,13,20-21,25-26,29,32,42H,3-7,9,12,14-19,22-24H2,1-2H3,(H,38,41)/t25-,26+,29-,32+,36-/m0/s1. The molecule has 0 spiro atoms. The predicted molar refractivity (Wildman–Crippen MR) is 185 cm³/mol. The molecule has 1 saturated carbocycles. The number of hydrogen-bond donors (Lipinski definition) is 2. The largest absolute Gasteiger partial charge is 0.487 e. The van der Waals surface area contributed by atoms with Gasteiger partial charge in [0.25, 0.3) is 5.91 Å². The van der Waals surface area contributed by atoms with Crippen LogP contribution in [-0.4, -0.2) is 81.1 Å². The molecule has 11 heteroatoms. The van der Waals surface area contributed by atoms with Crippen LogP contribution < -0.4 is 14.4 Å². The number of morpholine rings is 1. The number of nitrogens with zero attached hydrogens (tertiary/aromatic N) is 2. The molecule has 2 bridgehead atoms. The second-order valence-electron chi connectivity index (χ2n) is 14.3. The lowest BCUT2D eigenvalue weighted by Crippen LogP contribution is -2.57. The first-order chi connectivity index (χ1) is 22.5. The van der Waals surface area contributed by atoms with Gasteiger partial charge in [0.1, 0.15) is 12.4 Å². The molecule has 4 aliphatic rings. The van der Waals surface area contributed by atoms with Crippen molar-refractivity contribution in [1.29, 1.82) is 0 Å². The van der Waals surface area contributed by atoms with E-state index in [1.807, 2.05) is 25.1 Å². The van der Waals surface area contributed by atoms with E-state index in [9.17, 15) is 18.3 Å². The molecule has 2 fully saturated rings. The maximum absolute atomic E-state index is 13.5. The highest BCUT2D eigenvalue weighted by atomic mass is 35.5. The average Bonchev–Trinajstić information content (AvgIpc) is 3.05. The number of anilines is 1. The number of carbonyl (C=O) groups is 1. The van der Waals surface area contributed by atoms with Crippen LogP contribution in [0, 0.1) is 17.8 Å². The van der Waals surface area contributed by atoms with Crippen LogP contribution in [0.2, 0.25) is 5.02 Å². The maximum Gasteiger partial charge on any atom is 0.264 e. The molecule has 0 aromatic heterocycles. The van der Waals surface area contributed by atoms with Crippen molar-refractivity contribution in [2.24, 2.45) is 17.8 Å². The van der Waals surface area contributed by atoms with Gasteiger partial charge in [0.15, 0.2) is 0 Å². The smallest absolute Gasteiger partial charge is 0.264 e. The zero-order valence-corrected chi connectivity index (χ0v) is 29.3. The Morgan fingerprint density at radius 3 is 2.57 bits per heavy atom. The van der Waals surface area contributed by atoms with Gasteiger partial charge in [-0.2, -0.15) is 0 Å². The van der Waals surface area contributed by atoms with Crippen LogP contribution in [0.15, 0.2) is 36.4 Å². The van der Waals surface area contributed by atoms with E-state index in [-0.39, 0.29) is 23.3 Å². The zero-order valence-electron chi connectivity index (χ0n) is 27.8. The van der Waals surface area contributed by atoms with Crippen LogP contribution in [0.3, 0.4) is 0 Å². The summed E-state index contributed by atoms with van der Waals surface area (Å²) < 4.78 is 41.3. The molecule has 5 atom stereocenters. The fourth-order valence-electron chi connectivity index (χ4n) is 7.94. The lowest BCUT2D eigenvalue weighted by molar-refractivity contribution is -0.114. The zero-order chi connectivity index (χ0) is 33.2. The minimum atomic E-state index is -3.94. The highest BCUT2D eigenvalue weighted by Gasteiger charge is 2.48. The molecule has 2 N–H and O–H groups in total. The van der Waals surface area contributed by atoms with Crippen LogP contribution >= 0.6 is 11.6 Å². The number of nitrogens with one attached hydrogen (secondary N) is 1. The number of hydrogen-bond acceptors (Lipinski definition) is 8. The highest BCUT2D eigenvalue weighted by Crippen LogP contribution is 2.46. The van der Waals surface area contributed by atoms with Crippen LogP contribution in [0.4, 0.5) is 5.69 Å². The number of fused-ring (bicyclic) bond motifs is 3. The summed E-state index contributed by atoms with van der Waals surface area (Å²) in [6.45, 7) is 8.96. The number of aryl methyl sites for hydroxylation is 1. The van der Waals surface area contributed by atoms with Gasteiger partial charge in [0, 0.05) is 43.3 Å². The summed E-state index contributed by atoms with van der Waals surface area (Å²) in [6, 6.07) is 11.1. The van der Waals surface area contributed by atoms with Crippen molar-refractivity contribution >= 4 is 33.2 Å². The molecule has 3 aliphatic heterocycles. The fourth-order valence-corrected chi connectivity index (χ4v) is 9.44. The van der Waals surface area contributed by atoms with E-state index >= 15 is 0 Å². The van der Waals surface area contributed by atoms with Crippen molar-refractivity contribution in [2.45, 2.75) is 82.7 Å². The van der Waals surface area contributed by atoms with Crippen LogP contribution in [-0.2, 0) is 27.8 Å². The third-order valence-corrected chi connectivity index (χ3v) is 13.3. The average molecular weight is 688 g/mol. The predicted octanol–water partition coefficient (Wildman–Crippen LogP) is 5.42. The first-order valence-corrected chi connectivity index (χ1v) is 19.3. The number of sulfonamides is 1. The number of β-amino-alcohol motifs (C(OH)–C–C–N with tert-alkyl or cyclic N) is 1. The number of carbonyl (C=O) groups excluding carboxylic acids is 1. The summed E-state index contributed by atoms with van der Waals surface area (Å²) in [5, 5.41) is 12.5. The van der Waals surface area contributed by atoms with Gasteiger partial charge >= 0.3 is 0 Å². The number of amides is 1. The summed E-state index contributed by atoms with van der Waals surface area (Å²) in [5.74, 6) is 0.226. The minimum Gasteiger partial charge on any atom is -0.487 e. The van der Waals surface area contributed by atoms with Gasteiger partial charge in [-0.05, 0) is 111 Å². The molecule has 9 nitrogen and oxygen atoms in total. The molecule has 0 unspecified atom stereocenters. The van der Waals surface area contributed by atoms with Crippen LogP contribution in [0.1, 0.15) is 80.3 Å². The molecular formula is C36H50ClN3O6S. The molecular weight excluding hydrogens is 638 g/mol. The summed E-state index contributed by atoms with van der Waals surface area (Å²) in [6.07, 6.45) is 6.72. The number of halogens is 1. The minimum absolute atomic E-state index is 0.121. The number of rotatable bonds is 2. The lowest BCUT2D eigenvalue weighted by Gasteiger charge is -2.51. The Morgan fingerprint density at radius 1 is 1.00 bits per heavy atom. The molecule has 2 aromatic rings. The van der Waals surface area contributed by atoms with E-state index in [0.29, 0.717) is 56.4 Å². The summed E-state index contributed by atoms with van der Waals surface area (Å²) in [7, 11) is -3.94. The molecule has 0 radical (unpaired) electrons. The Hall–Kier alpha value is -2.37. The first-order valence-electron chi connectivity index (χ1n) is 17.4. The number of benzene rings is 2. The van der Waals surface area contributed by atoms with Crippen LogP contribution in [0.25, 0.3) is 0 Å².